The van der Waals surface area contributed by atoms with Crippen molar-refractivity contribution in [2.24, 2.45) is 7.05 Å². The number of rotatable bonds is 8. The molecule has 0 aliphatic heterocycles. The molecule has 0 aromatic carbocycles. The van der Waals surface area contributed by atoms with Gasteiger partial charge in [0, 0.05) is 21.1 Å². The van der Waals surface area contributed by atoms with Gasteiger partial charge in [0.05, 0.1) is 18.9 Å². The first-order valence-corrected chi connectivity index (χ1v) is 7.98. The minimum absolute atomic E-state index is 0.00279. The number of hydrogen-bond donors (Lipinski definition) is 1. The van der Waals surface area contributed by atoms with Gasteiger partial charge in [-0.15, -0.1) is 10.2 Å². The largest absolute Gasteiger partial charge is 0.466 e. The molecule has 9 nitrogen and oxygen atoms in total. The fourth-order valence-corrected chi connectivity index (χ4v) is 2.46. The van der Waals surface area contributed by atoms with Crippen molar-refractivity contribution in [3.05, 3.63) is 5.82 Å². The lowest BCUT2D eigenvalue weighted by Crippen LogP contribution is -2.37. The number of likely N-dealkylation sites (N-methyl/N-ethyl adjacent to an activating group) is 2. The van der Waals surface area contributed by atoms with Crippen LogP contribution in [-0.2, 0) is 32.6 Å². The van der Waals surface area contributed by atoms with Crippen LogP contribution in [0, 0.1) is 0 Å². The van der Waals surface area contributed by atoms with E-state index in [1.54, 1.807) is 25.6 Å². The van der Waals surface area contributed by atoms with Crippen LogP contribution in [0.3, 0.4) is 0 Å². The number of thioether (sulfide) groups is 1. The molecule has 2 amide bonds. The number of aromatic nitrogens is 3. The highest BCUT2D eigenvalue weighted by Gasteiger charge is 2.17. The Morgan fingerprint density at radius 2 is 2.04 bits per heavy atom. The Morgan fingerprint density at radius 1 is 1.35 bits per heavy atom. The van der Waals surface area contributed by atoms with Gasteiger partial charge in [-0.2, -0.15) is 0 Å². The first-order valence-electron chi connectivity index (χ1n) is 7.00. The summed E-state index contributed by atoms with van der Waals surface area (Å²) < 4.78 is 6.51. The highest BCUT2D eigenvalue weighted by atomic mass is 32.2. The van der Waals surface area contributed by atoms with Crippen LogP contribution in [0.15, 0.2) is 5.16 Å². The molecule has 0 saturated heterocycles. The van der Waals surface area contributed by atoms with Gasteiger partial charge in [0.1, 0.15) is 12.2 Å². The van der Waals surface area contributed by atoms with Crippen molar-refractivity contribution in [3.63, 3.8) is 0 Å². The van der Waals surface area contributed by atoms with E-state index in [0.717, 1.165) is 0 Å². The average molecular weight is 343 g/mol. The lowest BCUT2D eigenvalue weighted by Gasteiger charge is -2.15. The first-order chi connectivity index (χ1) is 10.9. The fraction of sp³-hybridized carbons (Fsp3) is 0.615. The van der Waals surface area contributed by atoms with E-state index >= 15 is 0 Å². The van der Waals surface area contributed by atoms with E-state index in [1.807, 2.05) is 0 Å². The van der Waals surface area contributed by atoms with Crippen LogP contribution in [0.5, 0.6) is 0 Å². The van der Waals surface area contributed by atoms with Crippen LogP contribution in [0.25, 0.3) is 0 Å². The van der Waals surface area contributed by atoms with Crippen LogP contribution < -0.4 is 5.32 Å². The van der Waals surface area contributed by atoms with Gasteiger partial charge >= 0.3 is 5.97 Å². The fourth-order valence-electron chi connectivity index (χ4n) is 1.58. The molecule has 0 fully saturated rings. The molecule has 0 spiro atoms. The van der Waals surface area contributed by atoms with Crippen LogP contribution in [0.4, 0.5) is 0 Å². The summed E-state index contributed by atoms with van der Waals surface area (Å²) in [4.78, 5) is 36.0. The smallest absolute Gasteiger partial charge is 0.313 e. The molecule has 1 heterocycles. The number of esters is 1. The van der Waals surface area contributed by atoms with Gasteiger partial charge in [0.2, 0.25) is 11.8 Å². The zero-order valence-corrected chi connectivity index (χ0v) is 14.5. The van der Waals surface area contributed by atoms with E-state index in [-0.39, 0.29) is 36.5 Å². The van der Waals surface area contributed by atoms with E-state index in [2.05, 4.69) is 15.5 Å². The van der Waals surface area contributed by atoms with Crippen LogP contribution >= 0.6 is 11.8 Å². The molecule has 1 aromatic rings. The third-order valence-electron chi connectivity index (χ3n) is 2.94. The summed E-state index contributed by atoms with van der Waals surface area (Å²) in [6.45, 7) is 2.05. The Balaban J connectivity index is 2.55. The lowest BCUT2D eigenvalue weighted by atomic mass is 10.4. The summed E-state index contributed by atoms with van der Waals surface area (Å²) in [5, 5.41) is 10.9. The Morgan fingerprint density at radius 3 is 2.65 bits per heavy atom. The second-order valence-corrected chi connectivity index (χ2v) is 5.59. The molecule has 1 N–H and O–H groups in total. The predicted octanol–water partition coefficient (Wildman–Crippen LogP) is -0.783. The van der Waals surface area contributed by atoms with Gasteiger partial charge in [-0.25, -0.2) is 0 Å². The van der Waals surface area contributed by atoms with Gasteiger partial charge in [0.25, 0.3) is 0 Å². The summed E-state index contributed by atoms with van der Waals surface area (Å²) in [6.07, 6.45) is 0.0302. The van der Waals surface area contributed by atoms with Gasteiger partial charge < -0.3 is 19.5 Å². The van der Waals surface area contributed by atoms with Crippen molar-refractivity contribution in [1.82, 2.24) is 25.0 Å². The molecule has 0 aliphatic carbocycles. The number of amides is 2. The number of ether oxygens (including phenoxy) is 1. The van der Waals surface area contributed by atoms with Crippen molar-refractivity contribution < 1.29 is 19.1 Å². The maximum absolute atomic E-state index is 11.9. The molecule has 1 aromatic heterocycles. The van der Waals surface area contributed by atoms with Gasteiger partial charge in [-0.05, 0) is 6.92 Å². The summed E-state index contributed by atoms with van der Waals surface area (Å²) in [6, 6.07) is 0. The molecule has 0 aliphatic rings. The van der Waals surface area contributed by atoms with Crippen LogP contribution in [0.2, 0.25) is 0 Å². The predicted molar refractivity (Wildman–Crippen MR) is 83.8 cm³/mol. The molecule has 128 valence electrons. The van der Waals surface area contributed by atoms with Crippen molar-refractivity contribution in [1.29, 1.82) is 0 Å². The maximum atomic E-state index is 11.9. The highest BCUT2D eigenvalue weighted by Crippen LogP contribution is 2.16. The third kappa shape index (κ3) is 5.89. The van der Waals surface area contributed by atoms with Gasteiger partial charge in [-0.3, -0.25) is 14.4 Å². The van der Waals surface area contributed by atoms with Gasteiger partial charge in [0.15, 0.2) is 5.16 Å². The Kier molecular flexibility index (Phi) is 7.52. The van der Waals surface area contributed by atoms with E-state index in [4.69, 9.17) is 4.74 Å². The van der Waals surface area contributed by atoms with Crippen molar-refractivity contribution in [3.8, 4) is 0 Å². The van der Waals surface area contributed by atoms with E-state index in [1.165, 1.54) is 23.7 Å². The maximum Gasteiger partial charge on any atom is 0.313 e. The minimum Gasteiger partial charge on any atom is -0.466 e. The quantitative estimate of drug-likeness (QED) is 0.487. The molecular formula is C13H21N5O4S. The Bertz CT molecular complexity index is 575. The van der Waals surface area contributed by atoms with E-state index in [9.17, 15) is 14.4 Å². The average Bonchev–Trinajstić information content (AvgIpc) is 2.85. The van der Waals surface area contributed by atoms with E-state index in [0.29, 0.717) is 17.6 Å². The normalized spacial score (nSPS) is 10.3. The lowest BCUT2D eigenvalue weighted by molar-refractivity contribution is -0.142. The molecule has 0 radical (unpaired) electrons. The molecule has 0 atom stereocenters. The Labute approximate surface area is 138 Å². The minimum atomic E-state index is -0.374. The number of nitrogens with zero attached hydrogens (tertiary/aromatic N) is 4. The van der Waals surface area contributed by atoms with Crippen LogP contribution in [0.1, 0.15) is 12.7 Å². The number of hydrogen-bond acceptors (Lipinski definition) is 7. The number of carbonyl (C=O) groups is 3. The summed E-state index contributed by atoms with van der Waals surface area (Å²) in [5.41, 5.74) is 0. The van der Waals surface area contributed by atoms with E-state index < -0.39 is 0 Å². The first kappa shape index (κ1) is 18.9. The molecule has 10 heteroatoms. The van der Waals surface area contributed by atoms with Crippen molar-refractivity contribution in [2.75, 3.05) is 33.0 Å². The van der Waals surface area contributed by atoms with Crippen LogP contribution in [-0.4, -0.2) is 70.4 Å². The summed E-state index contributed by atoms with van der Waals surface area (Å²) in [7, 11) is 4.79. The highest BCUT2D eigenvalue weighted by molar-refractivity contribution is 7.99. The van der Waals surface area contributed by atoms with Crippen molar-refractivity contribution >= 4 is 29.5 Å². The van der Waals surface area contributed by atoms with Crippen molar-refractivity contribution in [2.45, 2.75) is 18.5 Å². The molecule has 1 rings (SSSR count). The standard InChI is InChI=1S/C13H21N5O4S/c1-5-22-12(21)6-9-15-16-13(18(9)4)23-8-11(20)17(3)7-10(19)14-2/h5-8H2,1-4H3,(H,14,19). The summed E-state index contributed by atoms with van der Waals surface area (Å²) >= 11 is 1.19. The zero-order valence-electron chi connectivity index (χ0n) is 13.7. The Hall–Kier alpha value is -2.10. The second kappa shape index (κ2) is 9.13. The monoisotopic (exact) mass is 343 g/mol. The molecule has 23 heavy (non-hydrogen) atoms. The molecule has 0 bridgehead atoms. The SMILES string of the molecule is CCOC(=O)Cc1nnc(SCC(=O)N(C)CC(=O)NC)n1C. The van der Waals surface area contributed by atoms with Gasteiger partial charge in [-0.1, -0.05) is 11.8 Å². The molecule has 0 saturated carbocycles. The second-order valence-electron chi connectivity index (χ2n) is 4.65. The molecular weight excluding hydrogens is 322 g/mol. The summed E-state index contributed by atoms with van der Waals surface area (Å²) in [5.74, 6) is -0.216. The number of nitrogens with one attached hydrogen (secondary N) is 1. The third-order valence-corrected chi connectivity index (χ3v) is 3.95. The molecule has 0 unspecified atom stereocenters. The number of carbonyl (C=O) groups excluding carboxylic acids is 3. The topological polar surface area (TPSA) is 106 Å². The zero-order chi connectivity index (χ0) is 17.4.